The van der Waals surface area contributed by atoms with Crippen LogP contribution in [0.15, 0.2) is 33.7 Å². The molecule has 22 heavy (non-hydrogen) atoms. The number of guanidine groups is 1. The maximum absolute atomic E-state index is 4.53. The Balaban J connectivity index is 1.63. The lowest BCUT2D eigenvalue weighted by atomic mass is 10.2. The Bertz CT molecular complexity index is 642. The number of nitrogens with zero attached hydrogens (tertiary/aromatic N) is 4. The highest BCUT2D eigenvalue weighted by Gasteiger charge is 2.16. The Morgan fingerprint density at radius 3 is 2.73 bits per heavy atom. The van der Waals surface area contributed by atoms with E-state index in [9.17, 15) is 0 Å². The molecular formula is C15H19BrN6. The van der Waals surface area contributed by atoms with Gasteiger partial charge >= 0.3 is 0 Å². The molecule has 1 aliphatic rings. The lowest BCUT2D eigenvalue weighted by Gasteiger charge is -2.20. The zero-order valence-electron chi connectivity index (χ0n) is 12.5. The Morgan fingerprint density at radius 1 is 1.32 bits per heavy atom. The number of aromatic amines is 1. The van der Waals surface area contributed by atoms with Crippen LogP contribution in [0.3, 0.4) is 0 Å². The third-order valence-corrected chi connectivity index (χ3v) is 4.19. The fourth-order valence-corrected chi connectivity index (χ4v) is 2.79. The quantitative estimate of drug-likeness (QED) is 0.649. The molecule has 0 spiro atoms. The lowest BCUT2D eigenvalue weighted by Crippen LogP contribution is -2.39. The van der Waals surface area contributed by atoms with Gasteiger partial charge in [0, 0.05) is 30.2 Å². The first kappa shape index (κ1) is 15.0. The standard InChI is InChI=1S/C15H19BrN6/c1-17-15(22-8-2-3-9-22)18-10-13-19-14(21-20-13)11-4-6-12(16)7-5-11/h4-7H,2-3,8-10H2,1H3,(H,17,18)(H,19,20,21). The van der Waals surface area contributed by atoms with Gasteiger partial charge in [-0.3, -0.25) is 10.1 Å². The van der Waals surface area contributed by atoms with Gasteiger partial charge in [0.05, 0.1) is 6.54 Å². The second kappa shape index (κ2) is 6.91. The van der Waals surface area contributed by atoms with Crippen LogP contribution in [0, 0.1) is 0 Å². The Morgan fingerprint density at radius 2 is 2.05 bits per heavy atom. The molecule has 6 nitrogen and oxygen atoms in total. The molecule has 0 amide bonds. The van der Waals surface area contributed by atoms with Crippen LogP contribution in [0.4, 0.5) is 0 Å². The minimum Gasteiger partial charge on any atom is -0.349 e. The fraction of sp³-hybridized carbons (Fsp3) is 0.400. The molecule has 0 radical (unpaired) electrons. The van der Waals surface area contributed by atoms with Gasteiger partial charge in [-0.25, -0.2) is 4.98 Å². The first-order valence-electron chi connectivity index (χ1n) is 7.39. The molecular weight excluding hydrogens is 344 g/mol. The smallest absolute Gasteiger partial charge is 0.194 e. The molecule has 1 fully saturated rings. The predicted octanol–water partition coefficient (Wildman–Crippen LogP) is 2.41. The highest BCUT2D eigenvalue weighted by Crippen LogP contribution is 2.18. The van der Waals surface area contributed by atoms with Crippen LogP contribution >= 0.6 is 15.9 Å². The van der Waals surface area contributed by atoms with Crippen molar-refractivity contribution in [2.45, 2.75) is 19.4 Å². The summed E-state index contributed by atoms with van der Waals surface area (Å²) in [6, 6.07) is 7.96. The maximum atomic E-state index is 4.53. The number of hydrogen-bond acceptors (Lipinski definition) is 3. The number of halogens is 1. The molecule has 1 aliphatic heterocycles. The normalized spacial score (nSPS) is 15.4. The summed E-state index contributed by atoms with van der Waals surface area (Å²) in [5.74, 6) is 2.44. The van der Waals surface area contributed by atoms with Gasteiger partial charge in [0.25, 0.3) is 0 Å². The van der Waals surface area contributed by atoms with E-state index >= 15 is 0 Å². The molecule has 0 saturated carbocycles. The van der Waals surface area contributed by atoms with Crippen LogP contribution in [0.25, 0.3) is 11.4 Å². The van der Waals surface area contributed by atoms with E-state index in [0.29, 0.717) is 12.4 Å². The van der Waals surface area contributed by atoms with Crippen molar-refractivity contribution in [3.05, 3.63) is 34.6 Å². The average molecular weight is 363 g/mol. The molecule has 1 aromatic carbocycles. The average Bonchev–Trinajstić information content (AvgIpc) is 3.20. The van der Waals surface area contributed by atoms with Gasteiger partial charge in [0.15, 0.2) is 11.8 Å². The first-order chi connectivity index (χ1) is 10.8. The van der Waals surface area contributed by atoms with Gasteiger partial charge in [0.1, 0.15) is 5.82 Å². The summed E-state index contributed by atoms with van der Waals surface area (Å²) >= 11 is 3.43. The van der Waals surface area contributed by atoms with Crippen molar-refractivity contribution in [1.29, 1.82) is 0 Å². The molecule has 0 aliphatic carbocycles. The van der Waals surface area contributed by atoms with Crippen molar-refractivity contribution < 1.29 is 0 Å². The number of nitrogens with one attached hydrogen (secondary N) is 2. The molecule has 2 heterocycles. The minimum atomic E-state index is 0.590. The molecule has 0 bridgehead atoms. The highest BCUT2D eigenvalue weighted by molar-refractivity contribution is 9.10. The second-order valence-corrected chi connectivity index (χ2v) is 6.12. The fourth-order valence-electron chi connectivity index (χ4n) is 2.53. The second-order valence-electron chi connectivity index (χ2n) is 5.21. The topological polar surface area (TPSA) is 69.2 Å². The van der Waals surface area contributed by atoms with Crippen molar-refractivity contribution in [3.8, 4) is 11.4 Å². The number of aromatic nitrogens is 3. The molecule has 0 atom stereocenters. The molecule has 3 rings (SSSR count). The van der Waals surface area contributed by atoms with E-state index in [1.165, 1.54) is 12.8 Å². The molecule has 116 valence electrons. The third kappa shape index (κ3) is 3.47. The van der Waals surface area contributed by atoms with Crippen LogP contribution in [-0.4, -0.2) is 46.2 Å². The highest BCUT2D eigenvalue weighted by atomic mass is 79.9. The number of likely N-dealkylation sites (tertiary alicyclic amines) is 1. The number of rotatable bonds is 3. The Labute approximate surface area is 138 Å². The SMILES string of the molecule is CN=C(NCc1nc(-c2ccc(Br)cc2)n[nH]1)N1CCCC1. The molecule has 2 aromatic rings. The third-order valence-electron chi connectivity index (χ3n) is 3.67. The first-order valence-corrected chi connectivity index (χ1v) is 8.18. The lowest BCUT2D eigenvalue weighted by molar-refractivity contribution is 0.492. The van der Waals surface area contributed by atoms with E-state index in [0.717, 1.165) is 34.9 Å². The summed E-state index contributed by atoms with van der Waals surface area (Å²) < 4.78 is 1.04. The number of benzene rings is 1. The van der Waals surface area contributed by atoms with Crippen LogP contribution in [0.2, 0.25) is 0 Å². The van der Waals surface area contributed by atoms with Gasteiger partial charge in [-0.1, -0.05) is 28.1 Å². The predicted molar refractivity (Wildman–Crippen MR) is 90.5 cm³/mol. The van der Waals surface area contributed by atoms with Crippen LogP contribution in [0.5, 0.6) is 0 Å². The molecule has 1 aromatic heterocycles. The van der Waals surface area contributed by atoms with Crippen molar-refractivity contribution in [2.24, 2.45) is 4.99 Å². The van der Waals surface area contributed by atoms with Crippen molar-refractivity contribution in [3.63, 3.8) is 0 Å². The number of H-pyrrole nitrogens is 1. The van der Waals surface area contributed by atoms with Gasteiger partial charge < -0.3 is 10.2 Å². The zero-order chi connectivity index (χ0) is 15.4. The van der Waals surface area contributed by atoms with E-state index in [1.807, 2.05) is 31.3 Å². The van der Waals surface area contributed by atoms with E-state index in [2.05, 4.69) is 46.3 Å². The molecule has 7 heteroatoms. The number of aliphatic imine (C=N–C) groups is 1. The van der Waals surface area contributed by atoms with Crippen molar-refractivity contribution in [1.82, 2.24) is 25.4 Å². The summed E-state index contributed by atoms with van der Waals surface area (Å²) in [6.45, 7) is 2.73. The van der Waals surface area contributed by atoms with E-state index in [1.54, 1.807) is 0 Å². The summed E-state index contributed by atoms with van der Waals surface area (Å²) in [4.78, 5) is 11.1. The van der Waals surface area contributed by atoms with Gasteiger partial charge in [-0.15, -0.1) is 0 Å². The summed E-state index contributed by atoms with van der Waals surface area (Å²) in [7, 11) is 1.81. The Hall–Kier alpha value is -1.89. The monoisotopic (exact) mass is 362 g/mol. The zero-order valence-corrected chi connectivity index (χ0v) is 14.1. The van der Waals surface area contributed by atoms with Crippen LogP contribution < -0.4 is 5.32 Å². The van der Waals surface area contributed by atoms with Crippen molar-refractivity contribution in [2.75, 3.05) is 20.1 Å². The van der Waals surface area contributed by atoms with E-state index in [4.69, 9.17) is 0 Å². The molecule has 2 N–H and O–H groups in total. The molecule has 0 unspecified atom stereocenters. The van der Waals surface area contributed by atoms with Crippen molar-refractivity contribution >= 4 is 21.9 Å². The molecule has 1 saturated heterocycles. The van der Waals surface area contributed by atoms with E-state index < -0.39 is 0 Å². The Kier molecular flexibility index (Phi) is 4.72. The van der Waals surface area contributed by atoms with Gasteiger partial charge in [-0.05, 0) is 25.0 Å². The van der Waals surface area contributed by atoms with Crippen LogP contribution in [-0.2, 0) is 6.54 Å². The largest absolute Gasteiger partial charge is 0.349 e. The summed E-state index contributed by atoms with van der Waals surface area (Å²) in [5.41, 5.74) is 0.995. The van der Waals surface area contributed by atoms with Gasteiger partial charge in [-0.2, -0.15) is 5.10 Å². The minimum absolute atomic E-state index is 0.590. The van der Waals surface area contributed by atoms with Gasteiger partial charge in [0.2, 0.25) is 0 Å². The maximum Gasteiger partial charge on any atom is 0.194 e. The number of hydrogen-bond donors (Lipinski definition) is 2. The van der Waals surface area contributed by atoms with E-state index in [-0.39, 0.29) is 0 Å². The van der Waals surface area contributed by atoms with Crippen LogP contribution in [0.1, 0.15) is 18.7 Å². The summed E-state index contributed by atoms with van der Waals surface area (Å²) in [5, 5.41) is 10.6. The summed E-state index contributed by atoms with van der Waals surface area (Å²) in [6.07, 6.45) is 2.47.